The van der Waals surface area contributed by atoms with Crippen molar-refractivity contribution in [2.75, 3.05) is 13.1 Å². The molecule has 0 aromatic heterocycles. The molecule has 0 heterocycles. The largest absolute Gasteiger partial charge is 0.480 e. The Bertz CT molecular complexity index is 268. The maximum absolute atomic E-state index is 11.2. The smallest absolute Gasteiger partial charge is 0.320 e. The first-order chi connectivity index (χ1) is 11.2. The van der Waals surface area contributed by atoms with Gasteiger partial charge in [0.1, 0.15) is 6.04 Å². The van der Waals surface area contributed by atoms with E-state index < -0.39 is 5.97 Å². The van der Waals surface area contributed by atoms with E-state index in [4.69, 9.17) is 0 Å². The summed E-state index contributed by atoms with van der Waals surface area (Å²) in [6.07, 6.45) is 16.9. The van der Waals surface area contributed by atoms with Gasteiger partial charge in [-0.15, -0.1) is 0 Å². The summed E-state index contributed by atoms with van der Waals surface area (Å²) in [5, 5.41) is 9.22. The fourth-order valence-electron chi connectivity index (χ4n) is 3.28. The van der Waals surface area contributed by atoms with Crippen LogP contribution in [0.4, 0.5) is 0 Å². The van der Waals surface area contributed by atoms with Crippen molar-refractivity contribution in [3.05, 3.63) is 0 Å². The Kier molecular flexibility index (Phi) is 15.9. The van der Waals surface area contributed by atoms with Crippen LogP contribution in [0.1, 0.15) is 104 Å². The van der Waals surface area contributed by atoms with Gasteiger partial charge in [0.15, 0.2) is 0 Å². The molecule has 0 amide bonds. The molecule has 0 bridgehead atoms. The highest BCUT2D eigenvalue weighted by Gasteiger charge is 2.21. The van der Waals surface area contributed by atoms with Gasteiger partial charge in [0, 0.05) is 0 Å². The predicted molar refractivity (Wildman–Crippen MR) is 100 cm³/mol. The summed E-state index contributed by atoms with van der Waals surface area (Å²) < 4.78 is 0. The zero-order valence-electron chi connectivity index (χ0n) is 16.0. The summed E-state index contributed by atoms with van der Waals surface area (Å²) in [6, 6.07) is -0.298. The lowest BCUT2D eigenvalue weighted by molar-refractivity contribution is -0.143. The molecule has 3 heteroatoms. The van der Waals surface area contributed by atoms with Crippen molar-refractivity contribution in [2.45, 2.75) is 110 Å². The number of hydrogen-bond acceptors (Lipinski definition) is 2. The average molecular weight is 328 g/mol. The summed E-state index contributed by atoms with van der Waals surface area (Å²) in [5.74, 6) is -0.673. The highest BCUT2D eigenvalue weighted by molar-refractivity contribution is 5.73. The van der Waals surface area contributed by atoms with Crippen molar-refractivity contribution in [3.63, 3.8) is 0 Å². The van der Waals surface area contributed by atoms with E-state index in [1.165, 1.54) is 70.6 Å². The van der Waals surface area contributed by atoms with E-state index >= 15 is 0 Å². The van der Waals surface area contributed by atoms with E-state index in [-0.39, 0.29) is 6.04 Å². The van der Waals surface area contributed by atoms with Crippen LogP contribution in [0.15, 0.2) is 0 Å². The first kappa shape index (κ1) is 22.4. The van der Waals surface area contributed by atoms with Gasteiger partial charge in [-0.25, -0.2) is 0 Å². The van der Waals surface area contributed by atoms with Crippen LogP contribution in [-0.2, 0) is 4.79 Å². The van der Waals surface area contributed by atoms with Crippen LogP contribution in [0.25, 0.3) is 0 Å². The molecule has 0 aromatic carbocycles. The summed E-state index contributed by atoms with van der Waals surface area (Å²) in [5.41, 5.74) is 0. The molecule has 23 heavy (non-hydrogen) atoms. The van der Waals surface area contributed by atoms with Gasteiger partial charge in [0.05, 0.1) is 0 Å². The standard InChI is InChI=1S/C20H41NO2/c1-4-7-8-9-10-11-12-13-14-15-16-17-18-21(6-3)19(5-2)20(22)23/h19H,4-18H2,1-3H3,(H,22,23). The number of carbonyl (C=O) groups is 1. The normalized spacial score (nSPS) is 12.7. The maximum atomic E-state index is 11.2. The third-order valence-corrected chi connectivity index (χ3v) is 4.82. The summed E-state index contributed by atoms with van der Waals surface area (Å²) >= 11 is 0. The van der Waals surface area contributed by atoms with E-state index in [1.54, 1.807) is 0 Å². The van der Waals surface area contributed by atoms with E-state index in [2.05, 4.69) is 18.7 Å². The third kappa shape index (κ3) is 12.5. The molecule has 0 rings (SSSR count). The molecule has 0 aliphatic rings. The molecule has 0 aliphatic carbocycles. The Balaban J connectivity index is 3.45. The van der Waals surface area contributed by atoms with Crippen molar-refractivity contribution in [2.24, 2.45) is 0 Å². The van der Waals surface area contributed by atoms with Gasteiger partial charge in [-0.05, 0) is 25.9 Å². The van der Waals surface area contributed by atoms with Crippen molar-refractivity contribution in [1.29, 1.82) is 0 Å². The fourth-order valence-corrected chi connectivity index (χ4v) is 3.28. The fraction of sp³-hybridized carbons (Fsp3) is 0.950. The summed E-state index contributed by atoms with van der Waals surface area (Å²) in [4.78, 5) is 13.3. The Hall–Kier alpha value is -0.570. The first-order valence-corrected chi connectivity index (χ1v) is 10.1. The topological polar surface area (TPSA) is 40.5 Å². The number of hydrogen-bond donors (Lipinski definition) is 1. The van der Waals surface area contributed by atoms with Crippen LogP contribution in [0.3, 0.4) is 0 Å². The highest BCUT2D eigenvalue weighted by Crippen LogP contribution is 2.13. The lowest BCUT2D eigenvalue weighted by Crippen LogP contribution is -2.41. The number of unbranched alkanes of at least 4 members (excludes halogenated alkanes) is 11. The molecule has 0 fully saturated rings. The van der Waals surface area contributed by atoms with Crippen LogP contribution >= 0.6 is 0 Å². The van der Waals surface area contributed by atoms with Crippen molar-refractivity contribution in [3.8, 4) is 0 Å². The monoisotopic (exact) mass is 327 g/mol. The van der Waals surface area contributed by atoms with Gasteiger partial charge in [-0.2, -0.15) is 0 Å². The van der Waals surface area contributed by atoms with Crippen molar-refractivity contribution >= 4 is 5.97 Å². The number of aliphatic carboxylic acids is 1. The second kappa shape index (κ2) is 16.3. The summed E-state index contributed by atoms with van der Waals surface area (Å²) in [6.45, 7) is 8.06. The summed E-state index contributed by atoms with van der Waals surface area (Å²) in [7, 11) is 0. The Morgan fingerprint density at radius 2 is 1.22 bits per heavy atom. The van der Waals surface area contributed by atoms with Gasteiger partial charge in [-0.3, -0.25) is 9.69 Å². The Morgan fingerprint density at radius 3 is 1.57 bits per heavy atom. The molecular formula is C20H41NO2. The van der Waals surface area contributed by atoms with Crippen LogP contribution in [0.2, 0.25) is 0 Å². The van der Waals surface area contributed by atoms with Crippen molar-refractivity contribution in [1.82, 2.24) is 4.90 Å². The van der Waals surface area contributed by atoms with E-state index in [0.29, 0.717) is 6.42 Å². The second-order valence-electron chi connectivity index (χ2n) is 6.78. The van der Waals surface area contributed by atoms with Crippen LogP contribution < -0.4 is 0 Å². The molecule has 138 valence electrons. The minimum Gasteiger partial charge on any atom is -0.480 e. The molecular weight excluding hydrogens is 286 g/mol. The minimum atomic E-state index is -0.673. The predicted octanol–water partition coefficient (Wildman–Crippen LogP) is 5.87. The zero-order valence-corrected chi connectivity index (χ0v) is 16.0. The number of carboxylic acids is 1. The highest BCUT2D eigenvalue weighted by atomic mass is 16.4. The number of carboxylic acid groups (broad SMARTS) is 1. The van der Waals surface area contributed by atoms with E-state index in [9.17, 15) is 9.90 Å². The maximum Gasteiger partial charge on any atom is 0.320 e. The quantitative estimate of drug-likeness (QED) is 0.339. The molecule has 0 aromatic rings. The molecule has 3 nitrogen and oxygen atoms in total. The van der Waals surface area contributed by atoms with Crippen molar-refractivity contribution < 1.29 is 9.90 Å². The molecule has 0 spiro atoms. The number of rotatable bonds is 17. The Labute approximate surface area is 144 Å². The number of likely N-dealkylation sites (N-methyl/N-ethyl adjacent to an activating group) is 1. The lowest BCUT2D eigenvalue weighted by atomic mass is 10.0. The molecule has 0 saturated carbocycles. The van der Waals surface area contributed by atoms with Gasteiger partial charge < -0.3 is 5.11 Å². The van der Waals surface area contributed by atoms with E-state index in [0.717, 1.165) is 19.5 Å². The zero-order chi connectivity index (χ0) is 17.3. The molecule has 1 unspecified atom stereocenters. The lowest BCUT2D eigenvalue weighted by Gasteiger charge is -2.26. The van der Waals surface area contributed by atoms with Crippen LogP contribution in [0, 0.1) is 0 Å². The van der Waals surface area contributed by atoms with Gasteiger partial charge in [0.2, 0.25) is 0 Å². The minimum absolute atomic E-state index is 0.298. The first-order valence-electron chi connectivity index (χ1n) is 10.1. The van der Waals surface area contributed by atoms with Gasteiger partial charge >= 0.3 is 5.97 Å². The van der Waals surface area contributed by atoms with Gasteiger partial charge in [-0.1, -0.05) is 91.4 Å². The Morgan fingerprint density at radius 1 is 0.783 bits per heavy atom. The molecule has 0 radical (unpaired) electrons. The third-order valence-electron chi connectivity index (χ3n) is 4.82. The van der Waals surface area contributed by atoms with Gasteiger partial charge in [0.25, 0.3) is 0 Å². The second-order valence-corrected chi connectivity index (χ2v) is 6.78. The molecule has 0 aliphatic heterocycles. The van der Waals surface area contributed by atoms with Crippen LogP contribution in [0.5, 0.6) is 0 Å². The SMILES string of the molecule is CCCCCCCCCCCCCCN(CC)C(CC)C(=O)O. The molecule has 1 atom stereocenters. The number of nitrogens with zero attached hydrogens (tertiary/aromatic N) is 1. The van der Waals surface area contributed by atoms with E-state index in [1.807, 2.05) is 6.92 Å². The van der Waals surface area contributed by atoms with Crippen LogP contribution in [-0.4, -0.2) is 35.1 Å². The molecule has 1 N–H and O–H groups in total. The molecule has 0 saturated heterocycles. The average Bonchev–Trinajstić information content (AvgIpc) is 2.54.